The molecule has 0 aliphatic carbocycles. The van der Waals surface area contributed by atoms with Crippen LogP contribution in [0.3, 0.4) is 0 Å². The Hall–Kier alpha value is -4.30. The van der Waals surface area contributed by atoms with Crippen molar-refractivity contribution in [2.45, 2.75) is 13.8 Å². The van der Waals surface area contributed by atoms with Crippen molar-refractivity contribution < 1.29 is 4.79 Å². The molecular weight excluding hydrogens is 452 g/mol. The van der Waals surface area contributed by atoms with Crippen molar-refractivity contribution in [3.05, 3.63) is 89.0 Å². The van der Waals surface area contributed by atoms with E-state index in [-0.39, 0.29) is 11.5 Å². The highest BCUT2D eigenvalue weighted by atomic mass is 16.2. The number of H-pyrrole nitrogens is 1. The zero-order chi connectivity index (χ0) is 25.7. The summed E-state index contributed by atoms with van der Waals surface area (Å²) in [5.41, 5.74) is 4.57. The lowest BCUT2D eigenvalue weighted by atomic mass is 10.0. The lowest BCUT2D eigenvalue weighted by Gasteiger charge is -2.20. The second kappa shape index (κ2) is 11.0. The van der Waals surface area contributed by atoms with Crippen LogP contribution in [0.5, 0.6) is 0 Å². The molecular formula is C28H30N6O2. The number of aromatic amines is 1. The fourth-order valence-electron chi connectivity index (χ4n) is 3.99. The second-order valence-electron chi connectivity index (χ2n) is 8.75. The summed E-state index contributed by atoms with van der Waals surface area (Å²) in [6.07, 6.45) is 6.85. The number of fused-ring (bicyclic) bond motifs is 1. The maximum Gasteiger partial charge on any atom is 0.256 e. The van der Waals surface area contributed by atoms with Crippen LogP contribution in [0, 0.1) is 6.92 Å². The van der Waals surface area contributed by atoms with Gasteiger partial charge in [0.15, 0.2) is 0 Å². The van der Waals surface area contributed by atoms with Crippen molar-refractivity contribution in [1.29, 1.82) is 0 Å². The number of carbonyl (C=O) groups is 1. The summed E-state index contributed by atoms with van der Waals surface area (Å²) in [5.74, 6) is 0.378. The monoisotopic (exact) mass is 482 g/mol. The predicted octanol–water partition coefficient (Wildman–Crippen LogP) is 4.51. The van der Waals surface area contributed by atoms with Crippen LogP contribution < -0.4 is 15.8 Å². The van der Waals surface area contributed by atoms with Crippen LogP contribution in [0.4, 0.5) is 17.3 Å². The fourth-order valence-corrected chi connectivity index (χ4v) is 3.99. The first-order chi connectivity index (χ1) is 17.4. The number of aryl methyl sites for hydroxylation is 1. The number of nitrogens with zero attached hydrogens (tertiary/aromatic N) is 4. The molecule has 1 amide bonds. The second-order valence-corrected chi connectivity index (χ2v) is 8.75. The van der Waals surface area contributed by atoms with Gasteiger partial charge in [0, 0.05) is 53.9 Å². The molecule has 0 spiro atoms. The maximum atomic E-state index is 12.7. The summed E-state index contributed by atoms with van der Waals surface area (Å²) >= 11 is 0. The van der Waals surface area contributed by atoms with Crippen molar-refractivity contribution in [3.63, 3.8) is 0 Å². The molecule has 8 heteroatoms. The number of amides is 1. The molecule has 0 aliphatic rings. The molecule has 2 N–H and O–H groups in total. The minimum atomic E-state index is -0.124. The highest BCUT2D eigenvalue weighted by Crippen LogP contribution is 2.25. The van der Waals surface area contributed by atoms with Gasteiger partial charge in [0.05, 0.1) is 5.52 Å². The van der Waals surface area contributed by atoms with Gasteiger partial charge in [-0.3, -0.25) is 9.59 Å². The largest absolute Gasteiger partial charge is 0.329 e. The number of pyridine rings is 1. The summed E-state index contributed by atoms with van der Waals surface area (Å²) in [6, 6.07) is 15.2. The molecule has 184 valence electrons. The van der Waals surface area contributed by atoms with Crippen LogP contribution in [0.25, 0.3) is 22.0 Å². The standard InChI is InChI=1S/C28H30N6O2/c1-5-34(25(35)10-7-15-33(3)4)23-9-6-8-22(17-23)31-28-30-18-21-16-20(11-12-24(21)32-28)26-19(2)13-14-29-27(26)36/h6-14,16-18H,5,15H2,1-4H3,(H,29,36)(H,30,31,32)/b10-7+. The molecule has 0 saturated carbocycles. The molecule has 0 fully saturated rings. The van der Waals surface area contributed by atoms with Crippen LogP contribution in [0.15, 0.2) is 77.9 Å². The molecule has 2 heterocycles. The molecule has 0 unspecified atom stereocenters. The lowest BCUT2D eigenvalue weighted by molar-refractivity contribution is -0.114. The Morgan fingerprint density at radius 1 is 1.14 bits per heavy atom. The number of carbonyl (C=O) groups excluding carboxylic acids is 1. The fraction of sp³-hybridized carbons (Fsp3) is 0.214. The highest BCUT2D eigenvalue weighted by molar-refractivity contribution is 6.01. The minimum absolute atomic E-state index is 0.0678. The van der Waals surface area contributed by atoms with E-state index in [1.54, 1.807) is 23.4 Å². The van der Waals surface area contributed by atoms with Gasteiger partial charge in [0.25, 0.3) is 11.5 Å². The summed E-state index contributed by atoms with van der Waals surface area (Å²) in [6.45, 7) is 5.11. The first-order valence-corrected chi connectivity index (χ1v) is 11.8. The molecule has 2 aromatic carbocycles. The van der Waals surface area contributed by atoms with Gasteiger partial charge in [-0.25, -0.2) is 9.97 Å². The number of rotatable bonds is 8. The molecule has 0 atom stereocenters. The molecule has 4 rings (SSSR count). The van der Waals surface area contributed by atoms with Gasteiger partial charge in [0.2, 0.25) is 5.95 Å². The molecule has 0 aliphatic heterocycles. The third-order valence-electron chi connectivity index (χ3n) is 5.76. The van der Waals surface area contributed by atoms with E-state index in [2.05, 4.69) is 20.3 Å². The minimum Gasteiger partial charge on any atom is -0.329 e. The summed E-state index contributed by atoms with van der Waals surface area (Å²) < 4.78 is 0. The number of hydrogen-bond acceptors (Lipinski definition) is 6. The number of nitrogens with one attached hydrogen (secondary N) is 2. The average Bonchev–Trinajstić information content (AvgIpc) is 2.84. The van der Waals surface area contributed by atoms with E-state index < -0.39 is 0 Å². The van der Waals surface area contributed by atoms with Crippen molar-refractivity contribution >= 4 is 34.1 Å². The Morgan fingerprint density at radius 2 is 1.97 bits per heavy atom. The van der Waals surface area contributed by atoms with E-state index in [9.17, 15) is 9.59 Å². The Labute approximate surface area is 210 Å². The van der Waals surface area contributed by atoms with Gasteiger partial charge in [-0.05, 0) is 75.5 Å². The molecule has 4 aromatic rings. The van der Waals surface area contributed by atoms with Crippen molar-refractivity contribution in [1.82, 2.24) is 19.9 Å². The first-order valence-electron chi connectivity index (χ1n) is 11.8. The van der Waals surface area contributed by atoms with Gasteiger partial charge in [-0.2, -0.15) is 0 Å². The Balaban J connectivity index is 1.55. The van der Waals surface area contributed by atoms with Crippen molar-refractivity contribution in [2.24, 2.45) is 0 Å². The maximum absolute atomic E-state index is 12.7. The van der Waals surface area contributed by atoms with E-state index in [0.717, 1.165) is 33.4 Å². The van der Waals surface area contributed by atoms with E-state index in [1.165, 1.54) is 0 Å². The van der Waals surface area contributed by atoms with Gasteiger partial charge < -0.3 is 20.1 Å². The zero-order valence-corrected chi connectivity index (χ0v) is 20.9. The highest BCUT2D eigenvalue weighted by Gasteiger charge is 2.12. The van der Waals surface area contributed by atoms with Gasteiger partial charge >= 0.3 is 0 Å². The SMILES string of the molecule is CCN(C(=O)/C=C/CN(C)C)c1cccc(Nc2ncc3cc(-c4c(C)cc[nH]c4=O)ccc3n2)c1. The number of aromatic nitrogens is 3. The van der Waals surface area contributed by atoms with Crippen LogP contribution in [-0.4, -0.2) is 52.9 Å². The molecule has 0 bridgehead atoms. The Kier molecular flexibility index (Phi) is 7.56. The van der Waals surface area contributed by atoms with E-state index in [0.29, 0.717) is 24.6 Å². The van der Waals surface area contributed by atoms with Crippen LogP contribution in [0.2, 0.25) is 0 Å². The van der Waals surface area contributed by atoms with Gasteiger partial charge in [-0.1, -0.05) is 18.2 Å². The van der Waals surface area contributed by atoms with Gasteiger partial charge in [-0.15, -0.1) is 0 Å². The Morgan fingerprint density at radius 3 is 2.72 bits per heavy atom. The predicted molar refractivity (Wildman–Crippen MR) is 146 cm³/mol. The number of benzene rings is 2. The third-order valence-corrected chi connectivity index (χ3v) is 5.76. The van der Waals surface area contributed by atoms with Crippen LogP contribution >= 0.6 is 0 Å². The smallest absolute Gasteiger partial charge is 0.256 e. The topological polar surface area (TPSA) is 94.2 Å². The average molecular weight is 483 g/mol. The normalized spacial score (nSPS) is 11.4. The zero-order valence-electron chi connectivity index (χ0n) is 20.9. The Bertz CT molecular complexity index is 1470. The van der Waals surface area contributed by atoms with Crippen molar-refractivity contribution in [2.75, 3.05) is 37.4 Å². The quantitative estimate of drug-likeness (QED) is 0.359. The molecule has 0 radical (unpaired) electrons. The number of likely N-dealkylation sites (N-methyl/N-ethyl adjacent to an activating group) is 2. The molecule has 8 nitrogen and oxygen atoms in total. The first kappa shape index (κ1) is 24.8. The van der Waals surface area contributed by atoms with E-state index in [1.807, 2.05) is 87.4 Å². The van der Waals surface area contributed by atoms with E-state index >= 15 is 0 Å². The van der Waals surface area contributed by atoms with Crippen molar-refractivity contribution in [3.8, 4) is 11.1 Å². The summed E-state index contributed by atoms with van der Waals surface area (Å²) in [7, 11) is 3.92. The number of hydrogen-bond donors (Lipinski definition) is 2. The summed E-state index contributed by atoms with van der Waals surface area (Å²) in [4.78, 5) is 40.6. The van der Waals surface area contributed by atoms with Crippen LogP contribution in [0.1, 0.15) is 12.5 Å². The third kappa shape index (κ3) is 5.67. The molecule has 2 aromatic heterocycles. The molecule has 36 heavy (non-hydrogen) atoms. The van der Waals surface area contributed by atoms with Crippen LogP contribution in [-0.2, 0) is 4.79 Å². The number of anilines is 3. The summed E-state index contributed by atoms with van der Waals surface area (Å²) in [5, 5.41) is 4.07. The molecule has 0 saturated heterocycles. The van der Waals surface area contributed by atoms with E-state index in [4.69, 9.17) is 0 Å². The lowest BCUT2D eigenvalue weighted by Crippen LogP contribution is -2.29. The van der Waals surface area contributed by atoms with Gasteiger partial charge in [0.1, 0.15) is 0 Å².